The van der Waals surface area contributed by atoms with Gasteiger partial charge in [0, 0.05) is 18.1 Å². The summed E-state index contributed by atoms with van der Waals surface area (Å²) in [4.78, 5) is 16.1. The van der Waals surface area contributed by atoms with E-state index in [1.807, 2.05) is 24.3 Å². The van der Waals surface area contributed by atoms with Gasteiger partial charge in [-0.15, -0.1) is 0 Å². The Balaban J connectivity index is 1.67. The monoisotopic (exact) mass is 289 g/mol. The van der Waals surface area contributed by atoms with E-state index in [4.69, 9.17) is 11.6 Å². The highest BCUT2D eigenvalue weighted by Gasteiger charge is 2.21. The summed E-state index contributed by atoms with van der Waals surface area (Å²) in [5.41, 5.74) is 1.61. The van der Waals surface area contributed by atoms with Crippen LogP contribution in [-0.2, 0) is 4.79 Å². The number of carbonyl (C=O) groups excluding carboxylic acids is 1. The second kappa shape index (κ2) is 5.67. The van der Waals surface area contributed by atoms with Gasteiger partial charge in [0.25, 0.3) is 0 Å². The van der Waals surface area contributed by atoms with Gasteiger partial charge in [0.2, 0.25) is 5.91 Å². The minimum atomic E-state index is 0.0101. The highest BCUT2D eigenvalue weighted by atomic mass is 35.5. The van der Waals surface area contributed by atoms with Crippen molar-refractivity contribution in [3.63, 3.8) is 0 Å². The Morgan fingerprint density at radius 2 is 2.20 bits per heavy atom. The van der Waals surface area contributed by atoms with E-state index in [1.54, 1.807) is 6.20 Å². The van der Waals surface area contributed by atoms with Crippen molar-refractivity contribution < 1.29 is 4.79 Å². The fourth-order valence-electron chi connectivity index (χ4n) is 2.10. The maximum Gasteiger partial charge on any atom is 0.239 e. The van der Waals surface area contributed by atoms with Crippen LogP contribution >= 0.6 is 11.6 Å². The summed E-state index contributed by atoms with van der Waals surface area (Å²) in [6, 6.07) is 7.44. The molecule has 1 heterocycles. The van der Waals surface area contributed by atoms with Crippen LogP contribution in [0, 0.1) is 5.92 Å². The van der Waals surface area contributed by atoms with Gasteiger partial charge < -0.3 is 10.6 Å². The molecule has 2 N–H and O–H groups in total. The van der Waals surface area contributed by atoms with Gasteiger partial charge in [-0.3, -0.25) is 9.78 Å². The second-order valence-corrected chi connectivity index (χ2v) is 5.50. The number of aromatic nitrogens is 1. The van der Waals surface area contributed by atoms with E-state index in [2.05, 4.69) is 15.6 Å². The molecule has 0 radical (unpaired) electrons. The Morgan fingerprint density at radius 1 is 1.35 bits per heavy atom. The first-order valence-electron chi connectivity index (χ1n) is 6.78. The van der Waals surface area contributed by atoms with E-state index in [9.17, 15) is 4.79 Å². The van der Waals surface area contributed by atoms with Crippen molar-refractivity contribution in [2.75, 3.05) is 18.4 Å². The molecule has 0 saturated heterocycles. The molecule has 1 aliphatic carbocycles. The van der Waals surface area contributed by atoms with Crippen molar-refractivity contribution >= 4 is 34.1 Å². The van der Waals surface area contributed by atoms with Crippen molar-refractivity contribution in [3.8, 4) is 0 Å². The summed E-state index contributed by atoms with van der Waals surface area (Å²) in [5.74, 6) is 0.702. The fraction of sp³-hybridized carbons (Fsp3) is 0.333. The van der Waals surface area contributed by atoms with E-state index >= 15 is 0 Å². The van der Waals surface area contributed by atoms with Crippen molar-refractivity contribution in [3.05, 3.63) is 35.5 Å². The molecule has 1 saturated carbocycles. The van der Waals surface area contributed by atoms with Gasteiger partial charge in [-0.05, 0) is 43.0 Å². The van der Waals surface area contributed by atoms with Crippen LogP contribution in [0.25, 0.3) is 10.9 Å². The Kier molecular flexibility index (Phi) is 3.74. The minimum absolute atomic E-state index is 0.0101. The number of rotatable bonds is 5. The molecule has 0 aliphatic heterocycles. The van der Waals surface area contributed by atoms with E-state index in [-0.39, 0.29) is 12.5 Å². The minimum Gasteiger partial charge on any atom is -0.374 e. The molecule has 4 nitrogen and oxygen atoms in total. The van der Waals surface area contributed by atoms with Crippen molar-refractivity contribution in [2.24, 2.45) is 5.92 Å². The molecular weight excluding hydrogens is 274 g/mol. The van der Waals surface area contributed by atoms with Gasteiger partial charge in [0.1, 0.15) is 0 Å². The molecule has 1 aromatic heterocycles. The number of hydrogen-bond acceptors (Lipinski definition) is 3. The number of amides is 1. The number of nitrogens with zero attached hydrogens (tertiary/aromatic N) is 1. The molecule has 3 rings (SSSR count). The molecule has 1 aliphatic rings. The Morgan fingerprint density at radius 3 is 3.00 bits per heavy atom. The quantitative estimate of drug-likeness (QED) is 0.890. The van der Waals surface area contributed by atoms with Crippen LogP contribution in [0.2, 0.25) is 5.02 Å². The highest BCUT2D eigenvalue weighted by molar-refractivity contribution is 6.35. The number of benzene rings is 1. The lowest BCUT2D eigenvalue weighted by Gasteiger charge is -2.10. The first kappa shape index (κ1) is 13.2. The van der Waals surface area contributed by atoms with Crippen molar-refractivity contribution in [1.82, 2.24) is 10.3 Å². The lowest BCUT2D eigenvalue weighted by atomic mass is 10.2. The summed E-state index contributed by atoms with van der Waals surface area (Å²) in [6.07, 6.45) is 4.19. The maximum atomic E-state index is 11.7. The topological polar surface area (TPSA) is 54.0 Å². The molecule has 1 fully saturated rings. The van der Waals surface area contributed by atoms with Crippen LogP contribution in [-0.4, -0.2) is 24.0 Å². The average Bonchev–Trinajstić information content (AvgIpc) is 3.29. The number of anilines is 1. The number of carbonyl (C=O) groups is 1. The molecule has 0 bridgehead atoms. The summed E-state index contributed by atoms with van der Waals surface area (Å²) in [5, 5.41) is 7.60. The van der Waals surface area contributed by atoms with Gasteiger partial charge >= 0.3 is 0 Å². The highest BCUT2D eigenvalue weighted by Crippen LogP contribution is 2.28. The summed E-state index contributed by atoms with van der Waals surface area (Å²) in [7, 11) is 0. The number of fused-ring (bicyclic) bond motifs is 1. The zero-order valence-corrected chi connectivity index (χ0v) is 11.8. The normalized spacial score (nSPS) is 14.2. The molecule has 104 valence electrons. The largest absolute Gasteiger partial charge is 0.374 e. The number of halogens is 1. The Bertz CT molecular complexity index is 640. The van der Waals surface area contributed by atoms with Crippen LogP contribution in [0.15, 0.2) is 30.5 Å². The number of pyridine rings is 1. The lowest BCUT2D eigenvalue weighted by molar-refractivity contribution is -0.119. The van der Waals surface area contributed by atoms with Crippen LogP contribution in [0.1, 0.15) is 12.8 Å². The summed E-state index contributed by atoms with van der Waals surface area (Å²) < 4.78 is 0. The van der Waals surface area contributed by atoms with Crippen LogP contribution in [0.4, 0.5) is 5.69 Å². The number of nitrogens with one attached hydrogen (secondary N) is 2. The zero-order chi connectivity index (χ0) is 13.9. The molecule has 2 aromatic rings. The lowest BCUT2D eigenvalue weighted by Crippen LogP contribution is -2.31. The van der Waals surface area contributed by atoms with Gasteiger partial charge in [-0.25, -0.2) is 0 Å². The van der Waals surface area contributed by atoms with Crippen LogP contribution in [0.3, 0.4) is 0 Å². The molecule has 1 amide bonds. The van der Waals surface area contributed by atoms with Gasteiger partial charge in [0.05, 0.1) is 22.8 Å². The number of hydrogen-bond donors (Lipinski definition) is 2. The summed E-state index contributed by atoms with van der Waals surface area (Å²) >= 11 is 6.14. The standard InChI is InChI=1S/C15H16ClN3O/c16-12-5-6-13(15-11(12)2-1-7-17-15)18-9-14(20)19-8-10-3-4-10/h1-2,5-7,10,18H,3-4,8-9H2,(H,19,20). The van der Waals surface area contributed by atoms with Gasteiger partial charge in [-0.2, -0.15) is 0 Å². The van der Waals surface area contributed by atoms with Crippen LogP contribution in [0.5, 0.6) is 0 Å². The smallest absolute Gasteiger partial charge is 0.239 e. The van der Waals surface area contributed by atoms with Crippen LogP contribution < -0.4 is 10.6 Å². The van der Waals surface area contributed by atoms with E-state index in [0.717, 1.165) is 23.1 Å². The fourth-order valence-corrected chi connectivity index (χ4v) is 2.31. The molecule has 0 atom stereocenters. The Hall–Kier alpha value is -1.81. The third-order valence-corrected chi connectivity index (χ3v) is 3.77. The second-order valence-electron chi connectivity index (χ2n) is 5.10. The van der Waals surface area contributed by atoms with Crippen molar-refractivity contribution in [2.45, 2.75) is 12.8 Å². The van der Waals surface area contributed by atoms with Crippen molar-refractivity contribution in [1.29, 1.82) is 0 Å². The zero-order valence-electron chi connectivity index (χ0n) is 11.0. The molecule has 0 spiro atoms. The first-order valence-corrected chi connectivity index (χ1v) is 7.15. The molecule has 0 unspecified atom stereocenters. The van der Waals surface area contributed by atoms with E-state index in [0.29, 0.717) is 10.9 Å². The third kappa shape index (κ3) is 3.02. The predicted octanol–water partition coefficient (Wildman–Crippen LogP) is 2.83. The van der Waals surface area contributed by atoms with Gasteiger partial charge in [-0.1, -0.05) is 11.6 Å². The molecular formula is C15H16ClN3O. The maximum absolute atomic E-state index is 11.7. The SMILES string of the molecule is O=C(CNc1ccc(Cl)c2cccnc12)NCC1CC1. The molecule has 20 heavy (non-hydrogen) atoms. The van der Waals surface area contributed by atoms with Gasteiger partial charge in [0.15, 0.2) is 0 Å². The molecule has 1 aromatic carbocycles. The predicted molar refractivity (Wildman–Crippen MR) is 81.0 cm³/mol. The average molecular weight is 290 g/mol. The summed E-state index contributed by atoms with van der Waals surface area (Å²) in [6.45, 7) is 1.04. The molecule has 5 heteroatoms. The van der Waals surface area contributed by atoms with E-state index < -0.39 is 0 Å². The Labute approximate surface area is 122 Å². The third-order valence-electron chi connectivity index (χ3n) is 3.44. The first-order chi connectivity index (χ1) is 9.74. The van der Waals surface area contributed by atoms with E-state index in [1.165, 1.54) is 12.8 Å².